The molecule has 0 spiro atoms. The zero-order valence-corrected chi connectivity index (χ0v) is 10.7. The molecule has 0 aliphatic rings. The third-order valence-corrected chi connectivity index (χ3v) is 4.01. The van der Waals surface area contributed by atoms with Gasteiger partial charge in [-0.2, -0.15) is 0 Å². The molecule has 14 heavy (non-hydrogen) atoms. The highest BCUT2D eigenvalue weighted by molar-refractivity contribution is 7.89. The topological polar surface area (TPSA) is 46.2 Å². The van der Waals surface area contributed by atoms with Crippen LogP contribution in [-0.2, 0) is 10.0 Å². The summed E-state index contributed by atoms with van der Waals surface area (Å²) in [5.74, 6) is 1.37. The normalized spacial score (nSPS) is 14.6. The minimum absolute atomic E-state index is 0.126. The Kier molecular flexibility index (Phi) is 6.74. The number of rotatable bonds is 7. The van der Waals surface area contributed by atoms with Crippen molar-refractivity contribution >= 4 is 21.6 Å². The Morgan fingerprint density at radius 3 is 2.29 bits per heavy atom. The van der Waals surface area contributed by atoms with E-state index in [9.17, 15) is 8.42 Å². The fraction of sp³-hybridized carbons (Fsp3) is 1.00. The van der Waals surface area contributed by atoms with Gasteiger partial charge in [0.05, 0.1) is 5.75 Å². The van der Waals surface area contributed by atoms with Gasteiger partial charge in [0.15, 0.2) is 0 Å². The Hall–Kier alpha value is 0.200. The van der Waals surface area contributed by atoms with E-state index >= 15 is 0 Å². The molecule has 1 atom stereocenters. The van der Waals surface area contributed by atoms with Crippen molar-refractivity contribution in [1.29, 1.82) is 0 Å². The molecule has 3 nitrogen and oxygen atoms in total. The Labute approximate surface area is 92.3 Å². The molecule has 86 valence electrons. The summed E-state index contributed by atoms with van der Waals surface area (Å²) < 4.78 is 25.3. The fourth-order valence-corrected chi connectivity index (χ4v) is 2.29. The first kappa shape index (κ1) is 14.2. The summed E-state index contributed by atoms with van der Waals surface area (Å²) in [5, 5.41) is 0. The van der Waals surface area contributed by atoms with Crippen molar-refractivity contribution in [2.45, 2.75) is 27.2 Å². The van der Waals surface area contributed by atoms with E-state index in [2.05, 4.69) is 18.6 Å². The molecule has 0 amide bonds. The van der Waals surface area contributed by atoms with Crippen molar-refractivity contribution in [3.63, 3.8) is 0 Å². The molecule has 0 saturated carbocycles. The fourth-order valence-electron chi connectivity index (χ4n) is 0.811. The van der Waals surface area contributed by atoms with E-state index in [-0.39, 0.29) is 5.75 Å². The maximum absolute atomic E-state index is 11.3. The first-order chi connectivity index (χ1) is 6.39. The van der Waals surface area contributed by atoms with Gasteiger partial charge < -0.3 is 0 Å². The Morgan fingerprint density at radius 1 is 1.29 bits per heavy atom. The summed E-state index contributed by atoms with van der Waals surface area (Å²) in [6.45, 7) is 6.71. The van der Waals surface area contributed by atoms with E-state index in [1.807, 2.05) is 6.92 Å². The number of hydrogen-bond acceptors (Lipinski definition) is 2. The second-order valence-electron chi connectivity index (χ2n) is 3.93. The van der Waals surface area contributed by atoms with Gasteiger partial charge in [-0.15, -0.1) is 11.6 Å². The largest absolute Gasteiger partial charge is 0.215 e. The molecule has 0 aliphatic carbocycles. The minimum atomic E-state index is -3.11. The SMILES string of the molecule is CC(C)C(C)CNS(=O)(=O)CCCCl. The Balaban J connectivity index is 3.87. The Bertz CT molecular complexity index is 239. The number of halogens is 1. The molecule has 0 fully saturated rings. The van der Waals surface area contributed by atoms with E-state index in [4.69, 9.17) is 11.6 Å². The van der Waals surface area contributed by atoms with E-state index in [1.54, 1.807) is 0 Å². The Morgan fingerprint density at radius 2 is 1.86 bits per heavy atom. The predicted octanol–water partition coefficient (Wildman–Crippen LogP) is 1.83. The van der Waals surface area contributed by atoms with Gasteiger partial charge in [-0.05, 0) is 18.3 Å². The van der Waals surface area contributed by atoms with Crippen LogP contribution in [0.2, 0.25) is 0 Å². The first-order valence-corrected chi connectivity index (χ1v) is 7.11. The van der Waals surface area contributed by atoms with E-state index < -0.39 is 10.0 Å². The van der Waals surface area contributed by atoms with Gasteiger partial charge >= 0.3 is 0 Å². The van der Waals surface area contributed by atoms with Gasteiger partial charge in [0.1, 0.15) is 0 Å². The highest BCUT2D eigenvalue weighted by atomic mass is 35.5. The van der Waals surface area contributed by atoms with Gasteiger partial charge in [0, 0.05) is 12.4 Å². The molecule has 0 aromatic heterocycles. The monoisotopic (exact) mass is 241 g/mol. The van der Waals surface area contributed by atoms with Crippen molar-refractivity contribution < 1.29 is 8.42 Å². The molecular formula is C9H20ClNO2S. The standard InChI is InChI=1S/C9H20ClNO2S/c1-8(2)9(3)7-11-14(12,13)6-4-5-10/h8-9,11H,4-7H2,1-3H3. The first-order valence-electron chi connectivity index (χ1n) is 4.92. The van der Waals surface area contributed by atoms with Gasteiger partial charge in [-0.3, -0.25) is 0 Å². The summed E-state index contributed by atoms with van der Waals surface area (Å²) in [6, 6.07) is 0. The van der Waals surface area contributed by atoms with Gasteiger partial charge in [-0.25, -0.2) is 13.1 Å². The molecule has 0 saturated heterocycles. The number of hydrogen-bond donors (Lipinski definition) is 1. The minimum Gasteiger partial charge on any atom is -0.215 e. The van der Waals surface area contributed by atoms with Crippen LogP contribution in [0.25, 0.3) is 0 Å². The van der Waals surface area contributed by atoms with Gasteiger partial charge in [-0.1, -0.05) is 20.8 Å². The zero-order valence-electron chi connectivity index (χ0n) is 9.09. The highest BCUT2D eigenvalue weighted by Gasteiger charge is 2.13. The van der Waals surface area contributed by atoms with Crippen molar-refractivity contribution in [2.75, 3.05) is 18.2 Å². The van der Waals surface area contributed by atoms with Crippen LogP contribution in [-0.4, -0.2) is 26.6 Å². The van der Waals surface area contributed by atoms with Crippen LogP contribution in [0.4, 0.5) is 0 Å². The lowest BCUT2D eigenvalue weighted by Crippen LogP contribution is -2.32. The second-order valence-corrected chi connectivity index (χ2v) is 6.24. The van der Waals surface area contributed by atoms with Crippen LogP contribution in [0.1, 0.15) is 27.2 Å². The lowest BCUT2D eigenvalue weighted by Gasteiger charge is -2.15. The lowest BCUT2D eigenvalue weighted by atomic mass is 9.99. The molecule has 1 N–H and O–H groups in total. The summed E-state index contributed by atoms with van der Waals surface area (Å²) in [6.07, 6.45) is 0.507. The summed E-state index contributed by atoms with van der Waals surface area (Å²) in [5.41, 5.74) is 0. The van der Waals surface area contributed by atoms with E-state index in [0.29, 0.717) is 30.7 Å². The third-order valence-electron chi connectivity index (χ3n) is 2.31. The van der Waals surface area contributed by atoms with Crippen molar-refractivity contribution in [1.82, 2.24) is 4.72 Å². The number of alkyl halides is 1. The maximum atomic E-state index is 11.3. The van der Waals surface area contributed by atoms with Crippen molar-refractivity contribution in [2.24, 2.45) is 11.8 Å². The van der Waals surface area contributed by atoms with Crippen molar-refractivity contribution in [3.8, 4) is 0 Å². The highest BCUT2D eigenvalue weighted by Crippen LogP contribution is 2.08. The zero-order chi connectivity index (χ0) is 11.2. The lowest BCUT2D eigenvalue weighted by molar-refractivity contribution is 0.414. The van der Waals surface area contributed by atoms with Crippen LogP contribution in [0.15, 0.2) is 0 Å². The molecule has 5 heteroatoms. The van der Waals surface area contributed by atoms with Crippen LogP contribution in [0, 0.1) is 11.8 Å². The summed E-state index contributed by atoms with van der Waals surface area (Å²) in [7, 11) is -3.11. The molecule has 0 aromatic carbocycles. The summed E-state index contributed by atoms with van der Waals surface area (Å²) >= 11 is 5.43. The quantitative estimate of drug-likeness (QED) is 0.692. The molecular weight excluding hydrogens is 222 g/mol. The molecule has 0 radical (unpaired) electrons. The van der Waals surface area contributed by atoms with E-state index in [0.717, 1.165) is 0 Å². The van der Waals surface area contributed by atoms with Gasteiger partial charge in [0.2, 0.25) is 10.0 Å². The van der Waals surface area contributed by atoms with Crippen LogP contribution in [0.5, 0.6) is 0 Å². The molecule has 0 aliphatic heterocycles. The predicted molar refractivity (Wildman–Crippen MR) is 61.1 cm³/mol. The van der Waals surface area contributed by atoms with Crippen LogP contribution in [0.3, 0.4) is 0 Å². The maximum Gasteiger partial charge on any atom is 0.211 e. The number of sulfonamides is 1. The van der Waals surface area contributed by atoms with Gasteiger partial charge in [0.25, 0.3) is 0 Å². The molecule has 0 rings (SSSR count). The molecule has 0 aromatic rings. The average molecular weight is 242 g/mol. The number of nitrogens with one attached hydrogen (secondary N) is 1. The molecule has 0 heterocycles. The van der Waals surface area contributed by atoms with Crippen molar-refractivity contribution in [3.05, 3.63) is 0 Å². The molecule has 0 bridgehead atoms. The second kappa shape index (κ2) is 6.64. The van der Waals surface area contributed by atoms with Crippen LogP contribution < -0.4 is 4.72 Å². The summed E-state index contributed by atoms with van der Waals surface area (Å²) in [4.78, 5) is 0. The smallest absolute Gasteiger partial charge is 0.211 e. The average Bonchev–Trinajstić information content (AvgIpc) is 2.11. The van der Waals surface area contributed by atoms with E-state index in [1.165, 1.54) is 0 Å². The molecule has 1 unspecified atom stereocenters. The third kappa shape index (κ3) is 6.62. The van der Waals surface area contributed by atoms with Crippen LogP contribution >= 0.6 is 11.6 Å².